The standard InChI is InChI=1S/C32H26ClN3O3/c1-2-25-27-28(30(38)36(29(27)37)22-13-8-12-21(33)17-22)32(34-25)24-15-5-6-16-26(24)35(31(32)39)18-20-11-7-10-19-9-3-4-14-23(19)20/h3-17,25,27-28,34H,2,18H2,1H3/t25-,27+,28+,32-/m0/s1. The number of hydrogen-bond donors (Lipinski definition) is 1. The maximum Gasteiger partial charge on any atom is 0.253 e. The van der Waals surface area contributed by atoms with E-state index in [9.17, 15) is 14.4 Å². The Balaban J connectivity index is 1.36. The third kappa shape index (κ3) is 3.28. The molecule has 0 radical (unpaired) electrons. The zero-order valence-electron chi connectivity index (χ0n) is 21.3. The van der Waals surface area contributed by atoms with Crippen molar-refractivity contribution in [3.05, 3.63) is 107 Å². The van der Waals surface area contributed by atoms with Gasteiger partial charge in [-0.2, -0.15) is 0 Å². The van der Waals surface area contributed by atoms with Crippen LogP contribution in [0.15, 0.2) is 91.0 Å². The number of amides is 3. The number of nitrogens with one attached hydrogen (secondary N) is 1. The van der Waals surface area contributed by atoms with Gasteiger partial charge in [-0.15, -0.1) is 0 Å². The summed E-state index contributed by atoms with van der Waals surface area (Å²) in [6.07, 6.45) is 0.601. The summed E-state index contributed by atoms with van der Waals surface area (Å²) in [5.41, 5.74) is 1.63. The molecule has 3 heterocycles. The van der Waals surface area contributed by atoms with Gasteiger partial charge in [-0.05, 0) is 47.0 Å². The predicted octanol–water partition coefficient (Wildman–Crippen LogP) is 5.42. The quantitative estimate of drug-likeness (QED) is 0.354. The van der Waals surface area contributed by atoms with Crippen molar-refractivity contribution in [2.45, 2.75) is 31.5 Å². The molecule has 0 saturated carbocycles. The van der Waals surface area contributed by atoms with Crippen molar-refractivity contribution >= 4 is 51.5 Å². The Kier molecular flexibility index (Phi) is 5.41. The summed E-state index contributed by atoms with van der Waals surface area (Å²) >= 11 is 6.22. The zero-order valence-corrected chi connectivity index (χ0v) is 22.1. The van der Waals surface area contributed by atoms with Crippen LogP contribution in [-0.4, -0.2) is 23.8 Å². The minimum atomic E-state index is -1.33. The first-order valence-electron chi connectivity index (χ1n) is 13.2. The molecule has 3 aliphatic heterocycles. The fourth-order valence-corrected chi connectivity index (χ4v) is 7.11. The third-order valence-electron chi connectivity index (χ3n) is 8.58. The Bertz CT molecular complexity index is 1680. The monoisotopic (exact) mass is 535 g/mol. The van der Waals surface area contributed by atoms with E-state index in [0.29, 0.717) is 23.7 Å². The first-order chi connectivity index (χ1) is 19.0. The van der Waals surface area contributed by atoms with Crippen LogP contribution in [0.25, 0.3) is 10.8 Å². The molecule has 3 amide bonds. The number of halogens is 1. The second-order valence-electron chi connectivity index (χ2n) is 10.5. The molecule has 4 aromatic rings. The lowest BCUT2D eigenvalue weighted by molar-refractivity contribution is -0.132. The van der Waals surface area contributed by atoms with E-state index in [1.807, 2.05) is 55.5 Å². The SMILES string of the molecule is CC[C@@H]1N[C@]2(C(=O)N(Cc3cccc4ccccc34)c3ccccc32)[C@H]2C(=O)N(c3cccc(Cl)c3)C(=O)[C@H]12. The van der Waals surface area contributed by atoms with Gasteiger partial charge in [0.05, 0.1) is 24.1 Å². The molecule has 0 bridgehead atoms. The summed E-state index contributed by atoms with van der Waals surface area (Å²) in [6, 6.07) is 28.3. The second kappa shape index (κ2) is 8.76. The van der Waals surface area contributed by atoms with E-state index in [-0.39, 0.29) is 23.8 Å². The lowest BCUT2D eigenvalue weighted by atomic mass is 9.76. The van der Waals surface area contributed by atoms with Gasteiger partial charge in [0, 0.05) is 22.3 Å². The molecule has 39 heavy (non-hydrogen) atoms. The van der Waals surface area contributed by atoms with Gasteiger partial charge in [-0.1, -0.05) is 85.3 Å². The number of fused-ring (bicyclic) bond motifs is 5. The van der Waals surface area contributed by atoms with Crippen molar-refractivity contribution in [3.63, 3.8) is 0 Å². The molecule has 194 valence electrons. The van der Waals surface area contributed by atoms with Gasteiger partial charge in [-0.3, -0.25) is 19.7 Å². The molecular weight excluding hydrogens is 510 g/mol. The lowest BCUT2D eigenvalue weighted by Crippen LogP contribution is -2.55. The van der Waals surface area contributed by atoms with Crippen molar-refractivity contribution in [2.75, 3.05) is 9.80 Å². The fraction of sp³-hybridized carbons (Fsp3) is 0.219. The summed E-state index contributed by atoms with van der Waals surface area (Å²) in [5, 5.41) is 6.15. The number of imide groups is 1. The summed E-state index contributed by atoms with van der Waals surface area (Å²) in [6.45, 7) is 2.34. The molecule has 1 spiro atoms. The minimum Gasteiger partial charge on any atom is -0.306 e. The van der Waals surface area contributed by atoms with Crippen LogP contribution in [0.5, 0.6) is 0 Å². The highest BCUT2D eigenvalue weighted by Gasteiger charge is 2.71. The van der Waals surface area contributed by atoms with Crippen LogP contribution < -0.4 is 15.1 Å². The zero-order chi connectivity index (χ0) is 26.9. The molecule has 7 rings (SSSR count). The van der Waals surface area contributed by atoms with E-state index < -0.39 is 17.4 Å². The highest BCUT2D eigenvalue weighted by Crippen LogP contribution is 2.55. The maximum atomic E-state index is 14.6. The average molecular weight is 536 g/mol. The number of carbonyl (C=O) groups is 3. The predicted molar refractivity (Wildman–Crippen MR) is 151 cm³/mol. The van der Waals surface area contributed by atoms with Crippen molar-refractivity contribution < 1.29 is 14.4 Å². The molecule has 0 unspecified atom stereocenters. The summed E-state index contributed by atoms with van der Waals surface area (Å²) in [5.74, 6) is -2.38. The molecule has 2 saturated heterocycles. The Morgan fingerprint density at radius 1 is 0.872 bits per heavy atom. The van der Waals surface area contributed by atoms with E-state index in [4.69, 9.17) is 11.6 Å². The largest absolute Gasteiger partial charge is 0.306 e. The van der Waals surface area contributed by atoms with Crippen molar-refractivity contribution in [2.24, 2.45) is 11.8 Å². The Morgan fingerprint density at radius 3 is 2.44 bits per heavy atom. The van der Waals surface area contributed by atoms with Crippen LogP contribution in [0.4, 0.5) is 11.4 Å². The molecule has 4 aromatic carbocycles. The van der Waals surface area contributed by atoms with Crippen LogP contribution in [0, 0.1) is 11.8 Å². The molecule has 2 fully saturated rings. The van der Waals surface area contributed by atoms with Gasteiger partial charge >= 0.3 is 0 Å². The highest BCUT2D eigenvalue weighted by atomic mass is 35.5. The first-order valence-corrected chi connectivity index (χ1v) is 13.6. The van der Waals surface area contributed by atoms with Crippen molar-refractivity contribution in [1.82, 2.24) is 5.32 Å². The topological polar surface area (TPSA) is 69.7 Å². The van der Waals surface area contributed by atoms with Crippen molar-refractivity contribution in [3.8, 4) is 0 Å². The molecule has 3 aliphatic rings. The normalized spacial score (nSPS) is 25.7. The average Bonchev–Trinajstić information content (AvgIpc) is 3.52. The van der Waals surface area contributed by atoms with Crippen molar-refractivity contribution in [1.29, 1.82) is 0 Å². The molecular formula is C32H26ClN3O3. The van der Waals surface area contributed by atoms with Crippen LogP contribution in [-0.2, 0) is 26.5 Å². The third-order valence-corrected chi connectivity index (χ3v) is 8.82. The van der Waals surface area contributed by atoms with Gasteiger partial charge in [0.2, 0.25) is 11.8 Å². The maximum absolute atomic E-state index is 14.6. The van der Waals surface area contributed by atoms with Gasteiger partial charge in [-0.25, -0.2) is 4.90 Å². The minimum absolute atomic E-state index is 0.198. The smallest absolute Gasteiger partial charge is 0.253 e. The van der Waals surface area contributed by atoms with E-state index in [0.717, 1.165) is 27.6 Å². The number of hydrogen-bond acceptors (Lipinski definition) is 4. The van der Waals surface area contributed by atoms with E-state index in [1.54, 1.807) is 29.2 Å². The lowest BCUT2D eigenvalue weighted by Gasteiger charge is -2.30. The number of rotatable bonds is 4. The van der Waals surface area contributed by atoms with Crippen LogP contribution in [0.3, 0.4) is 0 Å². The van der Waals surface area contributed by atoms with E-state index >= 15 is 0 Å². The van der Waals surface area contributed by atoms with Gasteiger partial charge in [0.25, 0.3) is 5.91 Å². The van der Waals surface area contributed by atoms with E-state index in [2.05, 4.69) is 23.5 Å². The molecule has 1 N–H and O–H groups in total. The highest BCUT2D eigenvalue weighted by molar-refractivity contribution is 6.31. The summed E-state index contributed by atoms with van der Waals surface area (Å²) in [4.78, 5) is 45.7. The van der Waals surface area contributed by atoms with Gasteiger partial charge < -0.3 is 4.90 Å². The van der Waals surface area contributed by atoms with Crippen LogP contribution in [0.1, 0.15) is 24.5 Å². The van der Waals surface area contributed by atoms with E-state index in [1.165, 1.54) is 4.90 Å². The number of benzene rings is 4. The Hall–Kier alpha value is -4.00. The Labute approximate surface area is 231 Å². The van der Waals surface area contributed by atoms with Crippen LogP contribution in [0.2, 0.25) is 5.02 Å². The Morgan fingerprint density at radius 2 is 1.62 bits per heavy atom. The summed E-state index contributed by atoms with van der Waals surface area (Å²) < 4.78 is 0. The number of para-hydroxylation sites is 1. The molecule has 4 atom stereocenters. The van der Waals surface area contributed by atoms with Crippen LogP contribution >= 0.6 is 11.6 Å². The van der Waals surface area contributed by atoms with Gasteiger partial charge in [0.15, 0.2) is 0 Å². The fourth-order valence-electron chi connectivity index (χ4n) is 6.93. The molecule has 7 heteroatoms. The molecule has 0 aliphatic carbocycles. The first kappa shape index (κ1) is 24.1. The molecule has 6 nitrogen and oxygen atoms in total. The summed E-state index contributed by atoms with van der Waals surface area (Å²) in [7, 11) is 0. The number of nitrogens with zero attached hydrogens (tertiary/aromatic N) is 2. The number of carbonyl (C=O) groups excluding carboxylic acids is 3. The second-order valence-corrected chi connectivity index (χ2v) is 10.9. The number of anilines is 2. The molecule has 0 aromatic heterocycles. The van der Waals surface area contributed by atoms with Gasteiger partial charge in [0.1, 0.15) is 5.54 Å².